The lowest BCUT2D eigenvalue weighted by Crippen LogP contribution is -2.28. The van der Waals surface area contributed by atoms with E-state index in [4.69, 9.17) is 31.5 Å². The van der Waals surface area contributed by atoms with Gasteiger partial charge in [-0.3, -0.25) is 5.41 Å². The highest BCUT2D eigenvalue weighted by molar-refractivity contribution is 7.07. The van der Waals surface area contributed by atoms with Gasteiger partial charge in [0.05, 0.1) is 14.2 Å². The van der Waals surface area contributed by atoms with Crippen LogP contribution in [0.1, 0.15) is 4.88 Å². The molecule has 0 atom stereocenters. The fourth-order valence-electron chi connectivity index (χ4n) is 2.45. The van der Waals surface area contributed by atoms with Crippen molar-refractivity contribution in [3.8, 4) is 11.5 Å². The molecule has 140 valence electrons. The molecule has 8 heteroatoms. The number of halogens is 1. The lowest BCUT2D eigenvalue weighted by molar-refractivity contribution is 0.415. The second-order valence-electron chi connectivity index (χ2n) is 5.63. The van der Waals surface area contributed by atoms with Crippen LogP contribution in [0.25, 0.3) is 0 Å². The molecule has 0 saturated carbocycles. The predicted molar refractivity (Wildman–Crippen MR) is 110 cm³/mol. The van der Waals surface area contributed by atoms with E-state index in [-0.39, 0.29) is 0 Å². The van der Waals surface area contributed by atoms with Gasteiger partial charge in [0.1, 0.15) is 22.7 Å². The Balaban J connectivity index is 2.11. The van der Waals surface area contributed by atoms with Crippen LogP contribution in [0.15, 0.2) is 53.5 Å². The summed E-state index contributed by atoms with van der Waals surface area (Å²) in [6, 6.07) is 14.5. The number of aryl methyl sites for hydroxylation is 1. The first kappa shape index (κ1) is 19.0. The van der Waals surface area contributed by atoms with Crippen molar-refractivity contribution in [1.29, 1.82) is 5.41 Å². The van der Waals surface area contributed by atoms with E-state index in [0.29, 0.717) is 27.9 Å². The van der Waals surface area contributed by atoms with Crippen LogP contribution in [0, 0.1) is 12.3 Å². The Kier molecular flexibility index (Phi) is 5.83. The summed E-state index contributed by atoms with van der Waals surface area (Å²) in [5.74, 6) is 1.77. The minimum Gasteiger partial charge on any atom is -0.497 e. The first-order valence-corrected chi connectivity index (χ1v) is 9.23. The first-order valence-electron chi connectivity index (χ1n) is 8.08. The molecule has 6 nitrogen and oxygen atoms in total. The van der Waals surface area contributed by atoms with Gasteiger partial charge in [-0.2, -0.15) is 0 Å². The van der Waals surface area contributed by atoms with Crippen LogP contribution in [0.5, 0.6) is 11.5 Å². The average molecular weight is 403 g/mol. The van der Waals surface area contributed by atoms with Gasteiger partial charge in [-0.05, 0) is 43.3 Å². The third-order valence-corrected chi connectivity index (χ3v) is 4.87. The molecule has 0 aliphatic carbocycles. The minimum atomic E-state index is 0.327. The lowest BCUT2D eigenvalue weighted by atomic mass is 10.3. The summed E-state index contributed by atoms with van der Waals surface area (Å²) in [5.41, 5.74) is 1.67. The van der Waals surface area contributed by atoms with E-state index in [1.807, 2.05) is 31.2 Å². The number of hydrogen-bond acceptors (Lipinski definition) is 5. The summed E-state index contributed by atoms with van der Waals surface area (Å²) in [7, 11) is 3.19. The molecule has 0 aliphatic heterocycles. The number of hydrogen-bond donors (Lipinski definition) is 2. The normalized spacial score (nSPS) is 11.3. The molecule has 3 aromatic rings. The van der Waals surface area contributed by atoms with Gasteiger partial charge >= 0.3 is 0 Å². The van der Waals surface area contributed by atoms with Gasteiger partial charge in [0.15, 0.2) is 0 Å². The SMILES string of the molecule is COc1cccc(NC(=Nc2cc(Cl)ccc2OC)n2sc(C)cc2=N)c1. The lowest BCUT2D eigenvalue weighted by Gasteiger charge is -2.13. The number of rotatable bonds is 4. The summed E-state index contributed by atoms with van der Waals surface area (Å²) in [5, 5.41) is 12.1. The van der Waals surface area contributed by atoms with E-state index in [9.17, 15) is 0 Å². The van der Waals surface area contributed by atoms with Crippen molar-refractivity contribution in [2.24, 2.45) is 4.99 Å². The van der Waals surface area contributed by atoms with Crippen LogP contribution in [0.4, 0.5) is 11.4 Å². The van der Waals surface area contributed by atoms with Gasteiger partial charge in [0.25, 0.3) is 0 Å². The van der Waals surface area contributed by atoms with E-state index >= 15 is 0 Å². The Morgan fingerprint density at radius 3 is 2.63 bits per heavy atom. The molecule has 0 spiro atoms. The van der Waals surface area contributed by atoms with Gasteiger partial charge in [-0.25, -0.2) is 8.95 Å². The topological polar surface area (TPSA) is 71.6 Å². The Bertz CT molecular complexity index is 1040. The van der Waals surface area contributed by atoms with E-state index in [1.54, 1.807) is 42.4 Å². The molecule has 0 aliphatic rings. The fourth-order valence-corrected chi connectivity index (χ4v) is 3.39. The van der Waals surface area contributed by atoms with Crippen LogP contribution >= 0.6 is 23.1 Å². The number of nitrogens with zero attached hydrogens (tertiary/aromatic N) is 2. The maximum Gasteiger partial charge on any atom is 0.223 e. The van der Waals surface area contributed by atoms with Gasteiger partial charge in [-0.1, -0.05) is 29.2 Å². The third kappa shape index (κ3) is 4.50. The van der Waals surface area contributed by atoms with E-state index < -0.39 is 0 Å². The Morgan fingerprint density at radius 1 is 1.15 bits per heavy atom. The fraction of sp³-hybridized carbons (Fsp3) is 0.158. The smallest absolute Gasteiger partial charge is 0.223 e. The molecule has 2 N–H and O–H groups in total. The maximum absolute atomic E-state index is 8.24. The molecule has 0 radical (unpaired) electrons. The van der Waals surface area contributed by atoms with Gasteiger partial charge in [0.2, 0.25) is 5.96 Å². The zero-order valence-corrected chi connectivity index (χ0v) is 16.7. The molecule has 0 fully saturated rings. The van der Waals surface area contributed by atoms with Crippen LogP contribution in [-0.2, 0) is 0 Å². The summed E-state index contributed by atoms with van der Waals surface area (Å²) in [4.78, 5) is 5.69. The number of aromatic nitrogens is 1. The Labute approximate surface area is 166 Å². The average Bonchev–Trinajstić information content (AvgIpc) is 2.99. The standard InChI is InChI=1S/C19H19ClN4O2S/c1-12-9-18(21)24(27-12)19(22-14-5-4-6-15(11-14)25-2)23-16-10-13(20)7-8-17(16)26-3/h4-11,21H,1-3H3,(H,22,23). The van der Waals surface area contributed by atoms with Gasteiger partial charge < -0.3 is 14.8 Å². The van der Waals surface area contributed by atoms with E-state index in [0.717, 1.165) is 16.3 Å². The summed E-state index contributed by atoms with van der Waals surface area (Å²) < 4.78 is 12.4. The number of benzene rings is 2. The second-order valence-corrected chi connectivity index (χ2v) is 7.26. The van der Waals surface area contributed by atoms with Gasteiger partial charge in [0, 0.05) is 21.7 Å². The molecule has 0 amide bonds. The Hall–Kier alpha value is -2.77. The molecular weight excluding hydrogens is 384 g/mol. The first-order chi connectivity index (χ1) is 13.0. The second kappa shape index (κ2) is 8.28. The number of nitrogens with one attached hydrogen (secondary N) is 2. The third-order valence-electron chi connectivity index (χ3n) is 3.68. The number of anilines is 1. The highest BCUT2D eigenvalue weighted by atomic mass is 35.5. The Morgan fingerprint density at radius 2 is 1.96 bits per heavy atom. The largest absolute Gasteiger partial charge is 0.497 e. The molecule has 0 saturated heterocycles. The molecule has 3 rings (SSSR count). The monoisotopic (exact) mass is 402 g/mol. The van der Waals surface area contributed by atoms with Crippen molar-refractivity contribution in [2.45, 2.75) is 6.92 Å². The number of methoxy groups -OCH3 is 2. The molecular formula is C19H19ClN4O2S. The van der Waals surface area contributed by atoms with Gasteiger partial charge in [-0.15, -0.1) is 0 Å². The zero-order valence-electron chi connectivity index (χ0n) is 15.1. The summed E-state index contributed by atoms with van der Waals surface area (Å²) in [6.45, 7) is 1.95. The van der Waals surface area contributed by atoms with E-state index in [2.05, 4.69) is 5.32 Å². The summed E-state index contributed by atoms with van der Waals surface area (Å²) in [6.07, 6.45) is 0. The van der Waals surface area contributed by atoms with Crippen molar-refractivity contribution < 1.29 is 9.47 Å². The van der Waals surface area contributed by atoms with Crippen LogP contribution in [0.2, 0.25) is 5.02 Å². The predicted octanol–water partition coefficient (Wildman–Crippen LogP) is 4.66. The summed E-state index contributed by atoms with van der Waals surface area (Å²) >= 11 is 7.55. The maximum atomic E-state index is 8.24. The molecule has 2 aromatic carbocycles. The van der Waals surface area contributed by atoms with Crippen LogP contribution < -0.4 is 20.3 Å². The molecule has 1 heterocycles. The van der Waals surface area contributed by atoms with Crippen molar-refractivity contribution in [3.63, 3.8) is 0 Å². The van der Waals surface area contributed by atoms with Crippen LogP contribution in [-0.4, -0.2) is 24.1 Å². The van der Waals surface area contributed by atoms with Crippen molar-refractivity contribution in [3.05, 3.63) is 63.9 Å². The van der Waals surface area contributed by atoms with Crippen molar-refractivity contribution >= 4 is 40.5 Å². The van der Waals surface area contributed by atoms with Crippen molar-refractivity contribution in [1.82, 2.24) is 3.96 Å². The van der Waals surface area contributed by atoms with E-state index in [1.165, 1.54) is 11.5 Å². The highest BCUT2D eigenvalue weighted by Gasteiger charge is 2.11. The molecule has 27 heavy (non-hydrogen) atoms. The molecule has 1 aromatic heterocycles. The molecule has 0 unspecified atom stereocenters. The highest BCUT2D eigenvalue weighted by Crippen LogP contribution is 2.31. The number of ether oxygens (including phenoxy) is 2. The molecule has 0 bridgehead atoms. The number of aliphatic imine (C=N–C) groups is 1. The quantitative estimate of drug-likeness (QED) is 0.492. The van der Waals surface area contributed by atoms with Crippen LogP contribution in [0.3, 0.4) is 0 Å². The minimum absolute atomic E-state index is 0.327. The van der Waals surface area contributed by atoms with Crippen molar-refractivity contribution in [2.75, 3.05) is 19.5 Å². The zero-order chi connectivity index (χ0) is 19.4.